The van der Waals surface area contributed by atoms with Crippen molar-refractivity contribution in [3.05, 3.63) is 21.5 Å². The zero-order chi connectivity index (χ0) is 7.56. The van der Waals surface area contributed by atoms with E-state index in [1.807, 2.05) is 0 Å². The van der Waals surface area contributed by atoms with E-state index in [9.17, 15) is 0 Å². The molecule has 0 aromatic carbocycles. The second kappa shape index (κ2) is 3.16. The molecular weight excluding hydrogens is 243 g/mol. The Hall–Kier alpha value is -0.360. The summed E-state index contributed by atoms with van der Waals surface area (Å²) in [6, 6.07) is 1.76. The van der Waals surface area contributed by atoms with Crippen LogP contribution in [0.5, 0.6) is 0 Å². The van der Waals surface area contributed by atoms with Crippen molar-refractivity contribution in [1.29, 1.82) is 0 Å². The molecule has 0 aliphatic heterocycles. The molecular formula is C6H7IN2O. The Morgan fingerprint density at radius 3 is 2.90 bits per heavy atom. The predicted octanol–water partition coefficient (Wildman–Crippen LogP) is 0.761. The summed E-state index contributed by atoms with van der Waals surface area (Å²) >= 11 is 2.07. The molecule has 54 valence electrons. The summed E-state index contributed by atoms with van der Waals surface area (Å²) in [4.78, 5) is 3.94. The fourth-order valence-corrected chi connectivity index (χ4v) is 1.13. The van der Waals surface area contributed by atoms with Crippen LogP contribution in [-0.4, -0.2) is 10.1 Å². The van der Waals surface area contributed by atoms with Gasteiger partial charge in [0, 0.05) is 5.56 Å². The quantitative estimate of drug-likeness (QED) is 0.571. The molecule has 3 N–H and O–H groups in total. The summed E-state index contributed by atoms with van der Waals surface area (Å²) in [5.74, 6) is 0. The van der Waals surface area contributed by atoms with Crippen molar-refractivity contribution >= 4 is 28.3 Å². The monoisotopic (exact) mass is 250 g/mol. The summed E-state index contributed by atoms with van der Waals surface area (Å²) in [5.41, 5.74) is 6.75. The summed E-state index contributed by atoms with van der Waals surface area (Å²) < 4.78 is 0.843. The topological polar surface area (TPSA) is 59.1 Å². The number of halogens is 1. The molecule has 1 rings (SSSR count). The van der Waals surface area contributed by atoms with Crippen molar-refractivity contribution in [2.45, 2.75) is 6.61 Å². The first-order chi connectivity index (χ1) is 4.74. The largest absolute Gasteiger partial charge is 0.397 e. The summed E-state index contributed by atoms with van der Waals surface area (Å²) in [6.45, 7) is -0.0235. The number of nitrogens with two attached hydrogens (primary N) is 1. The third-order valence-corrected chi connectivity index (χ3v) is 1.75. The Kier molecular flexibility index (Phi) is 2.44. The second-order valence-corrected chi connectivity index (χ2v) is 2.97. The highest BCUT2D eigenvalue weighted by Crippen LogP contribution is 2.12. The molecule has 0 spiro atoms. The van der Waals surface area contributed by atoms with E-state index in [1.165, 1.54) is 0 Å². The summed E-state index contributed by atoms with van der Waals surface area (Å²) in [7, 11) is 0. The molecule has 0 amide bonds. The molecule has 0 saturated carbocycles. The number of aliphatic hydroxyl groups is 1. The first-order valence-corrected chi connectivity index (χ1v) is 3.82. The fraction of sp³-hybridized carbons (Fsp3) is 0.167. The van der Waals surface area contributed by atoms with E-state index in [2.05, 4.69) is 27.6 Å². The van der Waals surface area contributed by atoms with Crippen LogP contribution in [0.2, 0.25) is 0 Å². The zero-order valence-corrected chi connectivity index (χ0v) is 7.37. The van der Waals surface area contributed by atoms with Gasteiger partial charge in [0.1, 0.15) is 3.70 Å². The van der Waals surface area contributed by atoms with Gasteiger partial charge in [-0.25, -0.2) is 4.98 Å². The highest BCUT2D eigenvalue weighted by Gasteiger charge is 1.97. The predicted molar refractivity (Wildman–Crippen MR) is 47.3 cm³/mol. The lowest BCUT2D eigenvalue weighted by Crippen LogP contribution is -1.96. The molecule has 0 saturated heterocycles. The molecule has 4 heteroatoms. The maximum atomic E-state index is 8.73. The minimum atomic E-state index is -0.0235. The highest BCUT2D eigenvalue weighted by atomic mass is 127. The third kappa shape index (κ3) is 1.57. The molecule has 0 unspecified atom stereocenters. The van der Waals surface area contributed by atoms with Crippen LogP contribution >= 0.6 is 22.6 Å². The van der Waals surface area contributed by atoms with Crippen LogP contribution in [0.4, 0.5) is 5.69 Å². The van der Waals surface area contributed by atoms with Crippen molar-refractivity contribution in [3.63, 3.8) is 0 Å². The molecule has 0 aliphatic carbocycles. The molecule has 1 aromatic heterocycles. The van der Waals surface area contributed by atoms with Gasteiger partial charge in [0.05, 0.1) is 18.5 Å². The summed E-state index contributed by atoms with van der Waals surface area (Å²) in [5, 5.41) is 8.73. The van der Waals surface area contributed by atoms with Gasteiger partial charge in [-0.2, -0.15) is 0 Å². The third-order valence-electron chi connectivity index (χ3n) is 1.16. The minimum Gasteiger partial charge on any atom is -0.397 e. The van der Waals surface area contributed by atoms with Crippen molar-refractivity contribution in [3.8, 4) is 0 Å². The average Bonchev–Trinajstić information content (AvgIpc) is 1.94. The van der Waals surface area contributed by atoms with E-state index < -0.39 is 0 Å². The number of rotatable bonds is 1. The Bertz CT molecular complexity index is 239. The number of nitrogens with zero attached hydrogens (tertiary/aromatic N) is 1. The number of pyridine rings is 1. The molecule has 3 nitrogen and oxygen atoms in total. The number of hydrogen-bond donors (Lipinski definition) is 2. The Morgan fingerprint density at radius 2 is 2.40 bits per heavy atom. The number of anilines is 1. The van der Waals surface area contributed by atoms with E-state index in [0.29, 0.717) is 5.69 Å². The Labute approximate surface area is 72.4 Å². The molecule has 0 atom stereocenters. The maximum absolute atomic E-state index is 8.73. The number of hydrogen-bond acceptors (Lipinski definition) is 3. The van der Waals surface area contributed by atoms with Gasteiger partial charge in [-0.3, -0.25) is 0 Å². The van der Waals surface area contributed by atoms with Crippen LogP contribution < -0.4 is 5.73 Å². The van der Waals surface area contributed by atoms with Gasteiger partial charge in [0.2, 0.25) is 0 Å². The first kappa shape index (κ1) is 7.74. The van der Waals surface area contributed by atoms with Gasteiger partial charge in [0.25, 0.3) is 0 Å². The van der Waals surface area contributed by atoms with Gasteiger partial charge in [-0.1, -0.05) is 0 Å². The number of aliphatic hydroxyl groups excluding tert-OH is 1. The van der Waals surface area contributed by atoms with Gasteiger partial charge >= 0.3 is 0 Å². The van der Waals surface area contributed by atoms with Crippen LogP contribution in [0.25, 0.3) is 0 Å². The van der Waals surface area contributed by atoms with Crippen molar-refractivity contribution in [1.82, 2.24) is 4.98 Å². The minimum absolute atomic E-state index is 0.0235. The molecule has 0 fully saturated rings. The Balaban J connectivity index is 3.09. The summed E-state index contributed by atoms with van der Waals surface area (Å²) in [6.07, 6.45) is 1.55. The lowest BCUT2D eigenvalue weighted by Gasteiger charge is -1.99. The van der Waals surface area contributed by atoms with Gasteiger partial charge in [-0.15, -0.1) is 0 Å². The highest BCUT2D eigenvalue weighted by molar-refractivity contribution is 14.1. The van der Waals surface area contributed by atoms with Crippen LogP contribution in [0, 0.1) is 3.70 Å². The lowest BCUT2D eigenvalue weighted by atomic mass is 10.2. The molecule has 0 radical (unpaired) electrons. The van der Waals surface area contributed by atoms with Gasteiger partial charge in [-0.05, 0) is 28.7 Å². The average molecular weight is 250 g/mol. The van der Waals surface area contributed by atoms with E-state index in [-0.39, 0.29) is 6.61 Å². The molecule has 1 aromatic rings. The second-order valence-electron chi connectivity index (χ2n) is 1.86. The van der Waals surface area contributed by atoms with Crippen molar-refractivity contribution in [2.75, 3.05) is 5.73 Å². The number of nitrogen functional groups attached to an aromatic ring is 1. The van der Waals surface area contributed by atoms with E-state index in [1.54, 1.807) is 12.3 Å². The molecule has 0 aliphatic rings. The molecule has 1 heterocycles. The van der Waals surface area contributed by atoms with Gasteiger partial charge in [0.15, 0.2) is 0 Å². The van der Waals surface area contributed by atoms with Crippen LogP contribution in [0.3, 0.4) is 0 Å². The van der Waals surface area contributed by atoms with E-state index >= 15 is 0 Å². The molecule has 10 heavy (non-hydrogen) atoms. The maximum Gasteiger partial charge on any atom is 0.101 e. The van der Waals surface area contributed by atoms with Gasteiger partial charge < -0.3 is 10.8 Å². The van der Waals surface area contributed by atoms with Crippen LogP contribution in [0.1, 0.15) is 5.56 Å². The normalized spacial score (nSPS) is 9.80. The SMILES string of the molecule is Nc1cnc(I)cc1CO. The lowest BCUT2D eigenvalue weighted by molar-refractivity contribution is 0.282. The standard InChI is InChI=1S/C6H7IN2O/c7-6-1-4(3-10)5(8)2-9-6/h1-2,10H,3,8H2. The fourth-order valence-electron chi connectivity index (χ4n) is 0.615. The first-order valence-electron chi connectivity index (χ1n) is 2.75. The van der Waals surface area contributed by atoms with Crippen LogP contribution in [0.15, 0.2) is 12.3 Å². The Morgan fingerprint density at radius 1 is 1.70 bits per heavy atom. The van der Waals surface area contributed by atoms with E-state index in [4.69, 9.17) is 10.8 Å². The van der Waals surface area contributed by atoms with Crippen LogP contribution in [-0.2, 0) is 6.61 Å². The van der Waals surface area contributed by atoms with Crippen molar-refractivity contribution < 1.29 is 5.11 Å². The van der Waals surface area contributed by atoms with E-state index in [0.717, 1.165) is 9.26 Å². The zero-order valence-electron chi connectivity index (χ0n) is 5.21. The smallest absolute Gasteiger partial charge is 0.101 e. The number of aromatic nitrogens is 1. The van der Waals surface area contributed by atoms with Crippen molar-refractivity contribution in [2.24, 2.45) is 0 Å². The molecule has 0 bridgehead atoms.